The van der Waals surface area contributed by atoms with E-state index in [4.69, 9.17) is 10.3 Å². The lowest BCUT2D eigenvalue weighted by molar-refractivity contribution is 0.441. The fraction of sp³-hybridized carbons (Fsp3) is 0.300. The summed E-state index contributed by atoms with van der Waals surface area (Å²) >= 11 is 0. The number of aromatic nitrogens is 1. The van der Waals surface area contributed by atoms with Crippen LogP contribution in [-0.4, -0.2) is 18.2 Å². The summed E-state index contributed by atoms with van der Waals surface area (Å²) in [6.45, 7) is 3.31. The van der Waals surface area contributed by atoms with Crippen LogP contribution in [0.3, 0.4) is 0 Å². The van der Waals surface area contributed by atoms with E-state index in [1.165, 1.54) is 5.56 Å². The number of hydrogen-bond acceptors (Lipinski definition) is 4. The number of nitrogens with zero attached hydrogens (tertiary/aromatic N) is 1. The summed E-state index contributed by atoms with van der Waals surface area (Å²) in [6.07, 6.45) is 0. The van der Waals surface area contributed by atoms with Gasteiger partial charge < -0.3 is 15.6 Å². The van der Waals surface area contributed by atoms with E-state index >= 15 is 0 Å². The highest BCUT2D eigenvalue weighted by atomic mass is 16.5. The molecule has 0 saturated carbocycles. The van der Waals surface area contributed by atoms with Crippen molar-refractivity contribution in [2.75, 3.05) is 18.4 Å². The Morgan fingerprint density at radius 1 is 1.50 bits per heavy atom. The van der Waals surface area contributed by atoms with E-state index in [0.29, 0.717) is 19.0 Å². The van der Waals surface area contributed by atoms with Crippen molar-refractivity contribution < 1.29 is 4.52 Å². The molecule has 1 aromatic carbocycles. The number of hydrogen-bond donors (Lipinski definition) is 2. The van der Waals surface area contributed by atoms with Crippen molar-refractivity contribution in [1.29, 1.82) is 0 Å². The maximum absolute atomic E-state index is 5.39. The molecule has 2 rings (SSSR count). The molecule has 0 aliphatic rings. The topological polar surface area (TPSA) is 64.1 Å². The predicted octanol–water partition coefficient (Wildman–Crippen LogP) is 1.51. The molecule has 0 aliphatic heterocycles. The summed E-state index contributed by atoms with van der Waals surface area (Å²) < 4.78 is 5.16. The van der Waals surface area contributed by atoms with Crippen molar-refractivity contribution >= 4 is 16.8 Å². The van der Waals surface area contributed by atoms with Crippen molar-refractivity contribution in [2.24, 2.45) is 5.73 Å². The molecule has 1 heterocycles. The highest BCUT2D eigenvalue weighted by Gasteiger charge is 2.06. The number of nitrogens with one attached hydrogen (secondary N) is 1. The molecular weight excluding hydrogens is 178 g/mol. The molecule has 14 heavy (non-hydrogen) atoms. The van der Waals surface area contributed by atoms with E-state index in [1.54, 1.807) is 0 Å². The van der Waals surface area contributed by atoms with E-state index in [-0.39, 0.29) is 0 Å². The number of fused-ring (bicyclic) bond motifs is 1. The zero-order valence-electron chi connectivity index (χ0n) is 8.08. The van der Waals surface area contributed by atoms with Crippen LogP contribution in [0.1, 0.15) is 5.56 Å². The average Bonchev–Trinajstić information content (AvgIpc) is 2.57. The maximum Gasteiger partial charge on any atom is 0.232 e. The Balaban J connectivity index is 2.40. The van der Waals surface area contributed by atoms with Gasteiger partial charge in [-0.15, -0.1) is 0 Å². The van der Waals surface area contributed by atoms with Crippen LogP contribution in [0, 0.1) is 6.92 Å². The average molecular weight is 191 g/mol. The molecule has 3 N–H and O–H groups in total. The number of benzene rings is 1. The van der Waals surface area contributed by atoms with E-state index in [0.717, 1.165) is 10.9 Å². The summed E-state index contributed by atoms with van der Waals surface area (Å²) in [5.74, 6) is 0.703. The van der Waals surface area contributed by atoms with E-state index in [9.17, 15) is 0 Å². The van der Waals surface area contributed by atoms with Gasteiger partial charge in [0.2, 0.25) is 5.88 Å². The fourth-order valence-electron chi connectivity index (χ4n) is 1.37. The Labute approximate surface area is 82.1 Å². The summed E-state index contributed by atoms with van der Waals surface area (Å²) in [4.78, 5) is 0. The van der Waals surface area contributed by atoms with Crippen molar-refractivity contribution in [3.63, 3.8) is 0 Å². The SMILES string of the molecule is Cc1ccc2noc(NCCN)c2c1. The molecule has 74 valence electrons. The van der Waals surface area contributed by atoms with Crippen molar-refractivity contribution in [2.45, 2.75) is 6.92 Å². The van der Waals surface area contributed by atoms with Gasteiger partial charge in [-0.3, -0.25) is 0 Å². The maximum atomic E-state index is 5.39. The first-order valence-corrected chi connectivity index (χ1v) is 4.61. The van der Waals surface area contributed by atoms with Crippen LogP contribution >= 0.6 is 0 Å². The monoisotopic (exact) mass is 191 g/mol. The van der Waals surface area contributed by atoms with Gasteiger partial charge in [-0.05, 0) is 19.1 Å². The normalized spacial score (nSPS) is 10.7. The van der Waals surface area contributed by atoms with Gasteiger partial charge in [0.05, 0.1) is 5.39 Å². The molecule has 0 saturated heterocycles. The Morgan fingerprint density at radius 3 is 3.14 bits per heavy atom. The molecule has 0 unspecified atom stereocenters. The number of anilines is 1. The number of nitrogens with two attached hydrogens (primary N) is 1. The van der Waals surface area contributed by atoms with E-state index < -0.39 is 0 Å². The minimum atomic E-state index is 0.577. The molecule has 0 aliphatic carbocycles. The summed E-state index contributed by atoms with van der Waals surface area (Å²) in [6, 6.07) is 6.00. The van der Waals surface area contributed by atoms with E-state index in [1.807, 2.05) is 25.1 Å². The second-order valence-electron chi connectivity index (χ2n) is 3.25. The first kappa shape index (κ1) is 9.02. The molecule has 0 spiro atoms. The smallest absolute Gasteiger partial charge is 0.232 e. The standard InChI is InChI=1S/C10H13N3O/c1-7-2-3-9-8(6-7)10(14-13-9)12-5-4-11/h2-3,6,12H,4-5,11H2,1H3. The summed E-state index contributed by atoms with van der Waals surface area (Å²) in [5, 5.41) is 8.04. The highest BCUT2D eigenvalue weighted by molar-refractivity contribution is 5.88. The van der Waals surface area contributed by atoms with Gasteiger partial charge in [-0.1, -0.05) is 16.8 Å². The Morgan fingerprint density at radius 2 is 2.36 bits per heavy atom. The van der Waals surface area contributed by atoms with Crippen LogP contribution in [0.25, 0.3) is 10.9 Å². The fourth-order valence-corrected chi connectivity index (χ4v) is 1.37. The lowest BCUT2D eigenvalue weighted by Gasteiger charge is -1.98. The third kappa shape index (κ3) is 1.56. The highest BCUT2D eigenvalue weighted by Crippen LogP contribution is 2.23. The Kier molecular flexibility index (Phi) is 2.37. The molecular formula is C10H13N3O. The van der Waals surface area contributed by atoms with Crippen molar-refractivity contribution in [3.8, 4) is 0 Å². The van der Waals surface area contributed by atoms with Gasteiger partial charge in [-0.25, -0.2) is 0 Å². The van der Waals surface area contributed by atoms with Crippen molar-refractivity contribution in [1.82, 2.24) is 5.16 Å². The molecule has 4 heteroatoms. The predicted molar refractivity (Wildman–Crippen MR) is 56.3 cm³/mol. The van der Waals surface area contributed by atoms with Gasteiger partial charge in [0.25, 0.3) is 0 Å². The van der Waals surface area contributed by atoms with Crippen LogP contribution in [-0.2, 0) is 0 Å². The zero-order chi connectivity index (χ0) is 9.97. The quantitative estimate of drug-likeness (QED) is 0.771. The van der Waals surface area contributed by atoms with Crippen LogP contribution < -0.4 is 11.1 Å². The molecule has 0 amide bonds. The van der Waals surface area contributed by atoms with Crippen LogP contribution in [0.4, 0.5) is 5.88 Å². The second kappa shape index (κ2) is 3.67. The second-order valence-corrected chi connectivity index (χ2v) is 3.25. The third-order valence-corrected chi connectivity index (χ3v) is 2.06. The third-order valence-electron chi connectivity index (χ3n) is 2.06. The van der Waals surface area contributed by atoms with Gasteiger partial charge in [0.15, 0.2) is 0 Å². The summed E-state index contributed by atoms with van der Waals surface area (Å²) in [7, 11) is 0. The minimum absolute atomic E-state index is 0.577. The number of aryl methyl sites for hydroxylation is 1. The molecule has 0 radical (unpaired) electrons. The summed E-state index contributed by atoms with van der Waals surface area (Å²) in [5.41, 5.74) is 7.46. The minimum Gasteiger partial charge on any atom is -0.352 e. The Bertz CT molecular complexity index is 436. The van der Waals surface area contributed by atoms with E-state index in [2.05, 4.69) is 10.5 Å². The molecule has 1 aromatic heterocycles. The molecule has 4 nitrogen and oxygen atoms in total. The zero-order valence-corrected chi connectivity index (χ0v) is 8.08. The molecule has 0 bridgehead atoms. The van der Waals surface area contributed by atoms with Crippen LogP contribution in [0.5, 0.6) is 0 Å². The molecule has 2 aromatic rings. The van der Waals surface area contributed by atoms with Crippen LogP contribution in [0.15, 0.2) is 22.7 Å². The first-order chi connectivity index (χ1) is 6.81. The van der Waals surface area contributed by atoms with Crippen molar-refractivity contribution in [3.05, 3.63) is 23.8 Å². The van der Waals surface area contributed by atoms with Gasteiger partial charge in [0, 0.05) is 13.1 Å². The molecule has 0 fully saturated rings. The largest absolute Gasteiger partial charge is 0.352 e. The lowest BCUT2D eigenvalue weighted by Crippen LogP contribution is -2.12. The van der Waals surface area contributed by atoms with Gasteiger partial charge in [-0.2, -0.15) is 0 Å². The molecule has 0 atom stereocenters. The van der Waals surface area contributed by atoms with Gasteiger partial charge in [0.1, 0.15) is 5.52 Å². The Hall–Kier alpha value is -1.55. The number of rotatable bonds is 3. The lowest BCUT2D eigenvalue weighted by atomic mass is 10.2. The van der Waals surface area contributed by atoms with Crippen LogP contribution in [0.2, 0.25) is 0 Å². The first-order valence-electron chi connectivity index (χ1n) is 4.61. The van der Waals surface area contributed by atoms with Gasteiger partial charge >= 0.3 is 0 Å².